The molecule has 0 saturated carbocycles. The van der Waals surface area contributed by atoms with E-state index in [1.165, 1.54) is 0 Å². The molecule has 2 heterocycles. The van der Waals surface area contributed by atoms with Crippen LogP contribution in [0.3, 0.4) is 0 Å². The van der Waals surface area contributed by atoms with E-state index in [4.69, 9.17) is 0 Å². The van der Waals surface area contributed by atoms with Gasteiger partial charge in [-0.1, -0.05) is 30.3 Å². The highest BCUT2D eigenvalue weighted by Gasteiger charge is 2.33. The second-order valence-electron chi connectivity index (χ2n) is 5.85. The minimum atomic E-state index is -0.869. The van der Waals surface area contributed by atoms with Crippen LogP contribution in [-0.2, 0) is 11.2 Å². The Bertz CT molecular complexity index is 900. The zero-order valence-corrected chi connectivity index (χ0v) is 12.3. The molecule has 3 aromatic rings. The highest BCUT2D eigenvalue weighted by Crippen LogP contribution is 2.35. The Morgan fingerprint density at radius 2 is 1.96 bits per heavy atom. The molecule has 4 N–H and O–H groups in total. The normalized spacial score (nSPS) is 20.3. The number of aromatic amines is 1. The molecule has 2 aromatic carbocycles. The van der Waals surface area contributed by atoms with Gasteiger partial charge in [-0.15, -0.1) is 0 Å². The van der Waals surface area contributed by atoms with Crippen LogP contribution in [0.15, 0.2) is 48.5 Å². The number of carboxylic acid groups (broad SMARTS) is 1. The van der Waals surface area contributed by atoms with Gasteiger partial charge in [-0.05, 0) is 29.3 Å². The first-order chi connectivity index (χ1) is 11.1. The molecule has 0 fully saturated rings. The van der Waals surface area contributed by atoms with Crippen molar-refractivity contribution in [2.24, 2.45) is 0 Å². The summed E-state index contributed by atoms with van der Waals surface area (Å²) < 4.78 is 0. The number of phenolic OH excluding ortho intramolecular Hbond substituents is 1. The van der Waals surface area contributed by atoms with Crippen molar-refractivity contribution in [2.45, 2.75) is 18.5 Å². The summed E-state index contributed by atoms with van der Waals surface area (Å²) in [6.07, 6.45) is 0.435. The number of carbonyl (C=O) groups is 1. The molecule has 116 valence electrons. The SMILES string of the molecule is O=C(O)[C@H]1Cc2c([nH]c3ccccc23)[C@H](c2cccc(O)c2)N1. The fraction of sp³-hybridized carbons (Fsp3) is 0.167. The Morgan fingerprint density at radius 3 is 2.74 bits per heavy atom. The lowest BCUT2D eigenvalue weighted by molar-refractivity contribution is -0.139. The van der Waals surface area contributed by atoms with Crippen molar-refractivity contribution in [3.8, 4) is 5.75 Å². The standard InChI is InChI=1S/C18H16N2O3/c21-11-5-3-4-10(8-11)16-17-13(9-15(20-16)18(22)23)12-6-1-2-7-14(12)19-17/h1-8,15-16,19-21H,9H2,(H,22,23)/t15-,16+/m1/s1. The van der Waals surface area contributed by atoms with E-state index in [9.17, 15) is 15.0 Å². The molecule has 0 bridgehead atoms. The second kappa shape index (κ2) is 5.14. The van der Waals surface area contributed by atoms with Crippen LogP contribution in [-0.4, -0.2) is 27.2 Å². The molecular weight excluding hydrogens is 292 g/mol. The lowest BCUT2D eigenvalue weighted by Crippen LogP contribution is -2.44. The molecule has 1 aromatic heterocycles. The van der Waals surface area contributed by atoms with E-state index in [0.717, 1.165) is 27.7 Å². The molecule has 5 heteroatoms. The third-order valence-corrected chi connectivity index (χ3v) is 4.41. The number of benzene rings is 2. The summed E-state index contributed by atoms with van der Waals surface area (Å²) >= 11 is 0. The quantitative estimate of drug-likeness (QED) is 0.586. The fourth-order valence-corrected chi connectivity index (χ4v) is 3.36. The number of phenols is 1. The Morgan fingerprint density at radius 1 is 1.13 bits per heavy atom. The van der Waals surface area contributed by atoms with Crippen molar-refractivity contribution in [3.05, 3.63) is 65.4 Å². The maximum Gasteiger partial charge on any atom is 0.321 e. The van der Waals surface area contributed by atoms with Crippen molar-refractivity contribution >= 4 is 16.9 Å². The van der Waals surface area contributed by atoms with Crippen LogP contribution in [0.1, 0.15) is 22.9 Å². The molecule has 0 unspecified atom stereocenters. The van der Waals surface area contributed by atoms with E-state index < -0.39 is 12.0 Å². The first kappa shape index (κ1) is 13.8. The summed E-state index contributed by atoms with van der Waals surface area (Å²) in [5, 5.41) is 23.5. The molecule has 5 nitrogen and oxygen atoms in total. The van der Waals surface area contributed by atoms with Gasteiger partial charge in [-0.2, -0.15) is 0 Å². The number of carboxylic acids is 1. The maximum absolute atomic E-state index is 11.5. The van der Waals surface area contributed by atoms with E-state index in [0.29, 0.717) is 6.42 Å². The average Bonchev–Trinajstić information content (AvgIpc) is 2.92. The van der Waals surface area contributed by atoms with Gasteiger partial charge in [0.1, 0.15) is 11.8 Å². The molecule has 1 aliphatic rings. The van der Waals surface area contributed by atoms with Crippen LogP contribution < -0.4 is 5.32 Å². The number of aromatic nitrogens is 1. The zero-order valence-electron chi connectivity index (χ0n) is 12.3. The summed E-state index contributed by atoms with van der Waals surface area (Å²) in [7, 11) is 0. The first-order valence-corrected chi connectivity index (χ1v) is 7.51. The van der Waals surface area contributed by atoms with Crippen LogP contribution in [0.4, 0.5) is 0 Å². The number of para-hydroxylation sites is 1. The summed E-state index contributed by atoms with van der Waals surface area (Å²) in [5.41, 5.74) is 3.83. The third kappa shape index (κ3) is 2.26. The van der Waals surface area contributed by atoms with Crippen LogP contribution in [0, 0.1) is 0 Å². The Balaban J connectivity index is 1.91. The predicted molar refractivity (Wildman–Crippen MR) is 86.5 cm³/mol. The second-order valence-corrected chi connectivity index (χ2v) is 5.85. The number of hydrogen-bond donors (Lipinski definition) is 4. The van der Waals surface area contributed by atoms with Crippen LogP contribution in [0.2, 0.25) is 0 Å². The Hall–Kier alpha value is -2.79. The monoisotopic (exact) mass is 308 g/mol. The van der Waals surface area contributed by atoms with Gasteiger partial charge in [0.25, 0.3) is 0 Å². The van der Waals surface area contributed by atoms with Gasteiger partial charge in [0.05, 0.1) is 6.04 Å². The van der Waals surface area contributed by atoms with Crippen molar-refractivity contribution < 1.29 is 15.0 Å². The molecule has 0 aliphatic carbocycles. The minimum Gasteiger partial charge on any atom is -0.508 e. The summed E-state index contributed by atoms with van der Waals surface area (Å²) in [4.78, 5) is 15.0. The molecule has 0 spiro atoms. The summed E-state index contributed by atoms with van der Waals surface area (Å²) in [6, 6.07) is 13.9. The van der Waals surface area contributed by atoms with Crippen molar-refractivity contribution in [1.29, 1.82) is 0 Å². The van der Waals surface area contributed by atoms with Gasteiger partial charge < -0.3 is 15.2 Å². The van der Waals surface area contributed by atoms with Gasteiger partial charge in [0, 0.05) is 23.0 Å². The number of rotatable bonds is 2. The van der Waals surface area contributed by atoms with E-state index in [1.807, 2.05) is 30.3 Å². The van der Waals surface area contributed by atoms with Gasteiger partial charge in [-0.25, -0.2) is 0 Å². The molecule has 0 amide bonds. The molecule has 1 aliphatic heterocycles. The topological polar surface area (TPSA) is 85.3 Å². The third-order valence-electron chi connectivity index (χ3n) is 4.41. The van der Waals surface area contributed by atoms with Crippen LogP contribution >= 0.6 is 0 Å². The summed E-state index contributed by atoms with van der Waals surface area (Å²) in [6.45, 7) is 0. The average molecular weight is 308 g/mol. The van der Waals surface area contributed by atoms with Gasteiger partial charge in [0.2, 0.25) is 0 Å². The number of fused-ring (bicyclic) bond motifs is 3. The minimum absolute atomic E-state index is 0.166. The molecular formula is C18H16N2O3. The number of aliphatic carboxylic acids is 1. The highest BCUT2D eigenvalue weighted by molar-refractivity contribution is 5.87. The van der Waals surface area contributed by atoms with Gasteiger partial charge >= 0.3 is 5.97 Å². The van der Waals surface area contributed by atoms with E-state index in [-0.39, 0.29) is 11.8 Å². The summed E-state index contributed by atoms with van der Waals surface area (Å²) in [5.74, 6) is -0.703. The number of aromatic hydroxyl groups is 1. The smallest absolute Gasteiger partial charge is 0.321 e. The molecule has 2 atom stereocenters. The van der Waals surface area contributed by atoms with Crippen molar-refractivity contribution in [3.63, 3.8) is 0 Å². The number of hydrogen-bond acceptors (Lipinski definition) is 3. The van der Waals surface area contributed by atoms with E-state index in [1.54, 1.807) is 18.2 Å². The molecule has 23 heavy (non-hydrogen) atoms. The fourth-order valence-electron chi connectivity index (χ4n) is 3.36. The molecule has 0 saturated heterocycles. The van der Waals surface area contributed by atoms with Crippen LogP contribution in [0.25, 0.3) is 10.9 Å². The molecule has 0 radical (unpaired) electrons. The zero-order chi connectivity index (χ0) is 16.0. The van der Waals surface area contributed by atoms with E-state index >= 15 is 0 Å². The number of nitrogens with one attached hydrogen (secondary N) is 2. The maximum atomic E-state index is 11.5. The first-order valence-electron chi connectivity index (χ1n) is 7.51. The molecule has 4 rings (SSSR count). The van der Waals surface area contributed by atoms with E-state index in [2.05, 4.69) is 10.3 Å². The van der Waals surface area contributed by atoms with Crippen LogP contribution in [0.5, 0.6) is 5.75 Å². The number of H-pyrrole nitrogens is 1. The Kier molecular flexibility index (Phi) is 3.09. The van der Waals surface area contributed by atoms with Crippen molar-refractivity contribution in [1.82, 2.24) is 10.3 Å². The van der Waals surface area contributed by atoms with Gasteiger partial charge in [0.15, 0.2) is 0 Å². The highest BCUT2D eigenvalue weighted by atomic mass is 16.4. The van der Waals surface area contributed by atoms with Gasteiger partial charge in [-0.3, -0.25) is 10.1 Å². The lowest BCUT2D eigenvalue weighted by atomic mass is 9.90. The van der Waals surface area contributed by atoms with Crippen molar-refractivity contribution in [2.75, 3.05) is 0 Å². The predicted octanol–water partition coefficient (Wildman–Crippen LogP) is 2.56. The Labute approximate surface area is 132 Å². The lowest BCUT2D eigenvalue weighted by Gasteiger charge is -2.29. The largest absolute Gasteiger partial charge is 0.508 e.